The van der Waals surface area contributed by atoms with Crippen LogP contribution in [0.5, 0.6) is 0 Å². The van der Waals surface area contributed by atoms with Crippen LogP contribution in [0.3, 0.4) is 0 Å². The molecule has 0 spiro atoms. The number of rotatable bonds is 27. The van der Waals surface area contributed by atoms with E-state index in [1.54, 1.807) is 0 Å². The summed E-state index contributed by atoms with van der Waals surface area (Å²) in [5, 5.41) is 0. The van der Waals surface area contributed by atoms with Crippen molar-refractivity contribution in [2.45, 2.75) is 131 Å². The maximum absolute atomic E-state index is 7.00. The first-order valence-corrected chi connectivity index (χ1v) is 16.8. The van der Waals surface area contributed by atoms with Crippen LogP contribution in [0.2, 0.25) is 0 Å². The zero-order valence-electron chi connectivity index (χ0n) is 26.8. The van der Waals surface area contributed by atoms with E-state index in [1.165, 1.54) is 0 Å². The van der Waals surface area contributed by atoms with Gasteiger partial charge in [0.25, 0.3) is 0 Å². The van der Waals surface area contributed by atoms with Crippen LogP contribution >= 0.6 is 0 Å². The second-order valence-electron chi connectivity index (χ2n) is 9.50. The second-order valence-corrected chi connectivity index (χ2v) is 11.5. The lowest BCUT2D eigenvalue weighted by atomic mass is 9.87. The molecule has 0 amide bonds. The van der Waals surface area contributed by atoms with E-state index in [2.05, 4.69) is 13.8 Å². The van der Waals surface area contributed by atoms with Crippen LogP contribution in [-0.2, 0) is 41.4 Å². The first-order valence-electron chi connectivity index (χ1n) is 15.2. The highest BCUT2D eigenvalue weighted by atomic mass is 28.4. The van der Waals surface area contributed by atoms with Gasteiger partial charge in [-0.2, -0.15) is 0 Å². The van der Waals surface area contributed by atoms with Crippen molar-refractivity contribution in [3.8, 4) is 0 Å². The van der Waals surface area contributed by atoms with Crippen molar-refractivity contribution >= 4 is 9.05 Å². The molecule has 6 N–H and O–H groups in total. The number of nitrogens with two attached hydrogens (primary N) is 3. The van der Waals surface area contributed by atoms with E-state index >= 15 is 0 Å². The highest BCUT2D eigenvalue weighted by Gasteiger charge is 2.68. The third-order valence-corrected chi connectivity index (χ3v) is 8.43. The number of hydrogen-bond acceptors (Lipinski definition) is 12. The maximum Gasteiger partial charge on any atom is 0.684 e. The minimum atomic E-state index is -4.09. The first kappa shape index (κ1) is 39.7. The lowest BCUT2D eigenvalue weighted by Gasteiger charge is -2.49. The topological polar surface area (TPSA) is 161 Å². The van der Waals surface area contributed by atoms with Gasteiger partial charge in [-0.15, -0.1) is 0 Å². The van der Waals surface area contributed by atoms with E-state index in [0.717, 1.165) is 25.7 Å². The molecule has 0 aliphatic heterocycles. The summed E-state index contributed by atoms with van der Waals surface area (Å²) in [4.78, 5) is 0. The molecule has 0 aliphatic carbocycles. The quantitative estimate of drug-likeness (QED) is 0.0918. The average molecular weight is 600 g/mol. The van der Waals surface area contributed by atoms with E-state index in [-0.39, 0.29) is 46.2 Å². The van der Waals surface area contributed by atoms with Gasteiger partial charge in [-0.05, 0) is 80.6 Å². The minimum absolute atomic E-state index is 0.179. The van der Waals surface area contributed by atoms with Crippen molar-refractivity contribution < 1.29 is 41.4 Å². The summed E-state index contributed by atoms with van der Waals surface area (Å²) in [5.41, 5.74) is 17.0. The lowest BCUT2D eigenvalue weighted by Crippen LogP contribution is -2.70. The largest absolute Gasteiger partial charge is 0.684 e. The Morgan fingerprint density at radius 2 is 0.875 bits per heavy atom. The van der Waals surface area contributed by atoms with Crippen LogP contribution in [0.4, 0.5) is 0 Å². The van der Waals surface area contributed by atoms with Crippen LogP contribution in [0.1, 0.15) is 107 Å². The van der Waals surface area contributed by atoms with Crippen LogP contribution < -0.4 is 17.2 Å². The first-order chi connectivity index (χ1) is 18.9. The highest BCUT2D eigenvalue weighted by Crippen LogP contribution is 2.42. The van der Waals surface area contributed by atoms with Crippen LogP contribution in [0.15, 0.2) is 0 Å². The molecule has 0 unspecified atom stereocenters. The molecule has 12 nitrogen and oxygen atoms in total. The molecule has 0 bridgehead atoms. The summed E-state index contributed by atoms with van der Waals surface area (Å²) in [5.74, 6) is -5.22. The molecular formula is C27H61N3O9Si. The summed E-state index contributed by atoms with van der Waals surface area (Å²) in [7, 11) is -4.09. The molecule has 0 atom stereocenters. The lowest BCUT2D eigenvalue weighted by molar-refractivity contribution is -0.551. The monoisotopic (exact) mass is 599 g/mol. The van der Waals surface area contributed by atoms with Gasteiger partial charge in [-0.3, -0.25) is 4.43 Å². The Labute approximate surface area is 244 Å². The third kappa shape index (κ3) is 12.2. The van der Waals surface area contributed by atoms with E-state index < -0.39 is 32.4 Å². The van der Waals surface area contributed by atoms with Crippen molar-refractivity contribution in [2.75, 3.05) is 46.2 Å². The van der Waals surface area contributed by atoms with Gasteiger partial charge in [-0.1, -0.05) is 26.7 Å². The fraction of sp³-hybridized carbons (Fsp3) is 1.00. The third-order valence-electron chi connectivity index (χ3n) is 5.94. The van der Waals surface area contributed by atoms with Crippen LogP contribution in [-0.4, -0.2) is 78.6 Å². The standard InChI is InChI=1S/C27H61N3O9Si/c1-10-20-24(21-11-2,22-19-23-25(28,29)30)38-40(36-17-8,37-18-9)39-27(34-15-6,35-16-7)26(31-12-3,32-13-4)33-14-5/h10-23,28-30H2,1-9H3. The Hall–Kier alpha value is -0.263. The van der Waals surface area contributed by atoms with Crippen LogP contribution in [0, 0.1) is 0 Å². The van der Waals surface area contributed by atoms with Crippen molar-refractivity contribution in [3.63, 3.8) is 0 Å². The van der Waals surface area contributed by atoms with E-state index in [4.69, 9.17) is 58.6 Å². The van der Waals surface area contributed by atoms with Crippen molar-refractivity contribution in [1.29, 1.82) is 0 Å². The van der Waals surface area contributed by atoms with Gasteiger partial charge >= 0.3 is 21.0 Å². The Balaban J connectivity index is 7.11. The van der Waals surface area contributed by atoms with Gasteiger partial charge < -0.3 is 54.2 Å². The summed E-state index contributed by atoms with van der Waals surface area (Å²) in [6.45, 7) is 18.5. The highest BCUT2D eigenvalue weighted by molar-refractivity contribution is 6.53. The second kappa shape index (κ2) is 19.8. The van der Waals surface area contributed by atoms with Crippen molar-refractivity contribution in [3.05, 3.63) is 0 Å². The summed E-state index contributed by atoms with van der Waals surface area (Å²) in [6.07, 6.45) is 4.80. The Morgan fingerprint density at radius 3 is 1.20 bits per heavy atom. The van der Waals surface area contributed by atoms with Gasteiger partial charge in [-0.25, -0.2) is 0 Å². The average Bonchev–Trinajstić information content (AvgIpc) is 2.84. The smallest absolute Gasteiger partial charge is 0.351 e. The molecule has 0 aromatic carbocycles. The van der Waals surface area contributed by atoms with Crippen molar-refractivity contribution in [2.24, 2.45) is 17.2 Å². The summed E-state index contributed by atoms with van der Waals surface area (Å²) < 4.78 is 57.2. The molecule has 0 saturated carbocycles. The normalized spacial score (nSPS) is 13.8. The molecule has 0 saturated heterocycles. The zero-order valence-corrected chi connectivity index (χ0v) is 27.8. The fourth-order valence-electron chi connectivity index (χ4n) is 4.80. The van der Waals surface area contributed by atoms with E-state index in [1.807, 2.05) is 48.5 Å². The molecule has 0 heterocycles. The number of hydrogen-bond donors (Lipinski definition) is 3. The van der Waals surface area contributed by atoms with E-state index in [9.17, 15) is 0 Å². The molecule has 0 radical (unpaired) electrons. The molecule has 0 aromatic rings. The van der Waals surface area contributed by atoms with Gasteiger partial charge in [0.1, 0.15) is 5.79 Å². The minimum Gasteiger partial charge on any atom is -0.351 e. The zero-order chi connectivity index (χ0) is 30.8. The summed E-state index contributed by atoms with van der Waals surface area (Å²) >= 11 is 0. The number of ether oxygens (including phenoxy) is 5. The van der Waals surface area contributed by atoms with Gasteiger partial charge in [0, 0.05) is 46.2 Å². The molecular weight excluding hydrogens is 538 g/mol. The molecule has 0 aromatic heterocycles. The predicted molar refractivity (Wildman–Crippen MR) is 156 cm³/mol. The summed E-state index contributed by atoms with van der Waals surface area (Å²) in [6, 6.07) is 0. The Bertz CT molecular complexity index is 606. The van der Waals surface area contributed by atoms with Gasteiger partial charge in [0.15, 0.2) is 0 Å². The molecule has 0 aliphatic rings. The predicted octanol–water partition coefficient (Wildman–Crippen LogP) is 4.06. The van der Waals surface area contributed by atoms with Gasteiger partial charge in [0.05, 0.1) is 5.60 Å². The fourth-order valence-corrected chi connectivity index (χ4v) is 7.28. The Morgan fingerprint density at radius 1 is 0.475 bits per heavy atom. The molecule has 40 heavy (non-hydrogen) atoms. The van der Waals surface area contributed by atoms with Crippen LogP contribution in [0.25, 0.3) is 0 Å². The molecule has 13 heteroatoms. The molecule has 0 rings (SSSR count). The van der Waals surface area contributed by atoms with Gasteiger partial charge in [0.2, 0.25) is 0 Å². The molecule has 242 valence electrons. The molecule has 0 fully saturated rings. The van der Waals surface area contributed by atoms with E-state index in [0.29, 0.717) is 19.3 Å². The maximum atomic E-state index is 7.00. The van der Waals surface area contributed by atoms with Crippen molar-refractivity contribution in [1.82, 2.24) is 0 Å². The Kier molecular flexibility index (Phi) is 19.7. The SMILES string of the molecule is CCCC(CCC)(CCCC(N)(N)N)O[Si](OCC)(OCC)OC(OCC)(OCC)C(OCC)(OCC)OCC.